The number of aromatic hydroxyl groups is 1. The number of benzene rings is 2. The quantitative estimate of drug-likeness (QED) is 0.886. The Morgan fingerprint density at radius 2 is 1.81 bits per heavy atom. The van der Waals surface area contributed by atoms with E-state index in [4.69, 9.17) is 0 Å². The smallest absolute Gasteiger partial charge is 0.258 e. The van der Waals surface area contributed by atoms with Crippen molar-refractivity contribution in [1.82, 2.24) is 4.90 Å². The molecule has 0 fully saturated rings. The van der Waals surface area contributed by atoms with Gasteiger partial charge >= 0.3 is 0 Å². The summed E-state index contributed by atoms with van der Waals surface area (Å²) in [4.78, 5) is 14.1. The first kappa shape index (κ1) is 15.1. The van der Waals surface area contributed by atoms with E-state index in [1.54, 1.807) is 25.1 Å². The molecule has 0 bridgehead atoms. The van der Waals surface area contributed by atoms with Crippen molar-refractivity contribution >= 4 is 5.91 Å². The molecule has 2 aromatic rings. The Labute approximate surface area is 124 Å². The molecule has 0 saturated heterocycles. The molecular formula is C17H19NO3. The van der Waals surface area contributed by atoms with Crippen molar-refractivity contribution in [3.63, 3.8) is 0 Å². The molecule has 0 aliphatic rings. The molecule has 0 spiro atoms. The van der Waals surface area contributed by atoms with Crippen molar-refractivity contribution in [2.75, 3.05) is 13.2 Å². The van der Waals surface area contributed by atoms with E-state index in [0.717, 1.165) is 5.56 Å². The van der Waals surface area contributed by atoms with E-state index in [2.05, 4.69) is 0 Å². The van der Waals surface area contributed by atoms with Crippen LogP contribution in [0.3, 0.4) is 0 Å². The Balaban J connectivity index is 2.25. The number of nitrogens with zero attached hydrogens (tertiary/aromatic N) is 1. The molecule has 0 saturated carbocycles. The number of para-hydroxylation sites is 1. The van der Waals surface area contributed by atoms with Crippen LogP contribution in [0.2, 0.25) is 0 Å². The van der Waals surface area contributed by atoms with Gasteiger partial charge in [0, 0.05) is 13.1 Å². The van der Waals surface area contributed by atoms with Crippen molar-refractivity contribution < 1.29 is 15.0 Å². The molecule has 0 atom stereocenters. The van der Waals surface area contributed by atoms with Crippen molar-refractivity contribution in [1.29, 1.82) is 0 Å². The lowest BCUT2D eigenvalue weighted by atomic mass is 10.1. The zero-order valence-corrected chi connectivity index (χ0v) is 12.0. The van der Waals surface area contributed by atoms with E-state index in [9.17, 15) is 15.0 Å². The van der Waals surface area contributed by atoms with Crippen LogP contribution in [0, 0.1) is 6.92 Å². The minimum Gasteiger partial charge on any atom is -0.507 e. The molecule has 110 valence electrons. The summed E-state index contributed by atoms with van der Waals surface area (Å²) in [6.45, 7) is 2.25. The van der Waals surface area contributed by atoms with Crippen molar-refractivity contribution in [3.05, 3.63) is 65.2 Å². The highest BCUT2D eigenvalue weighted by molar-refractivity contribution is 5.97. The summed E-state index contributed by atoms with van der Waals surface area (Å²) in [7, 11) is 0. The molecule has 0 radical (unpaired) electrons. The summed E-state index contributed by atoms with van der Waals surface area (Å²) in [5.74, 6) is -0.285. The Morgan fingerprint density at radius 1 is 1.10 bits per heavy atom. The zero-order chi connectivity index (χ0) is 15.2. The SMILES string of the molecule is Cc1cccc(C(=O)N(CCO)Cc2ccccc2)c1O. The number of hydrogen-bond donors (Lipinski definition) is 2. The summed E-state index contributed by atoms with van der Waals surface area (Å²) in [5.41, 5.74) is 1.90. The van der Waals surface area contributed by atoms with Crippen LogP contribution in [0.1, 0.15) is 21.5 Å². The fourth-order valence-electron chi connectivity index (χ4n) is 2.18. The monoisotopic (exact) mass is 285 g/mol. The third-order valence-corrected chi connectivity index (χ3v) is 3.34. The van der Waals surface area contributed by atoms with Crippen LogP contribution < -0.4 is 0 Å². The summed E-state index contributed by atoms with van der Waals surface area (Å²) < 4.78 is 0. The Morgan fingerprint density at radius 3 is 2.48 bits per heavy atom. The van der Waals surface area contributed by atoms with E-state index >= 15 is 0 Å². The highest BCUT2D eigenvalue weighted by Gasteiger charge is 2.19. The van der Waals surface area contributed by atoms with Gasteiger partial charge in [-0.05, 0) is 24.1 Å². The second kappa shape index (κ2) is 6.90. The van der Waals surface area contributed by atoms with E-state index in [-0.39, 0.29) is 30.4 Å². The Kier molecular flexibility index (Phi) is 4.95. The lowest BCUT2D eigenvalue weighted by Gasteiger charge is -2.22. The van der Waals surface area contributed by atoms with E-state index in [1.165, 1.54) is 4.90 Å². The number of hydrogen-bond acceptors (Lipinski definition) is 3. The molecule has 0 unspecified atom stereocenters. The number of carbonyl (C=O) groups excluding carboxylic acids is 1. The Hall–Kier alpha value is -2.33. The van der Waals surface area contributed by atoms with Gasteiger partial charge in [0.2, 0.25) is 0 Å². The Bertz CT molecular complexity index is 611. The fourth-order valence-corrected chi connectivity index (χ4v) is 2.18. The maximum atomic E-state index is 12.6. The van der Waals surface area contributed by atoms with Crippen molar-refractivity contribution in [3.8, 4) is 5.75 Å². The summed E-state index contributed by atoms with van der Waals surface area (Å²) in [5, 5.41) is 19.2. The van der Waals surface area contributed by atoms with Gasteiger partial charge in [0.1, 0.15) is 5.75 Å². The standard InChI is InChI=1S/C17H19NO3/c1-13-6-5-9-15(16(13)20)17(21)18(10-11-19)12-14-7-3-2-4-8-14/h2-9,19-20H,10-12H2,1H3. The molecule has 2 rings (SSSR count). The second-order valence-electron chi connectivity index (χ2n) is 4.91. The largest absolute Gasteiger partial charge is 0.507 e. The molecule has 1 amide bonds. The normalized spacial score (nSPS) is 10.4. The van der Waals surface area contributed by atoms with Crippen molar-refractivity contribution in [2.45, 2.75) is 13.5 Å². The van der Waals surface area contributed by atoms with Crippen LogP contribution >= 0.6 is 0 Å². The molecule has 2 N–H and O–H groups in total. The molecule has 2 aromatic carbocycles. The number of amides is 1. The molecule has 4 nitrogen and oxygen atoms in total. The van der Waals surface area contributed by atoms with Gasteiger partial charge in [-0.25, -0.2) is 0 Å². The molecule has 21 heavy (non-hydrogen) atoms. The van der Waals surface area contributed by atoms with Gasteiger partial charge in [-0.1, -0.05) is 42.5 Å². The molecular weight excluding hydrogens is 266 g/mol. The van der Waals surface area contributed by atoms with Gasteiger partial charge in [-0.2, -0.15) is 0 Å². The zero-order valence-electron chi connectivity index (χ0n) is 12.0. The van der Waals surface area contributed by atoms with E-state index < -0.39 is 0 Å². The average molecular weight is 285 g/mol. The lowest BCUT2D eigenvalue weighted by Crippen LogP contribution is -2.33. The van der Waals surface area contributed by atoms with Crippen LogP contribution in [-0.4, -0.2) is 34.2 Å². The number of aliphatic hydroxyl groups excluding tert-OH is 1. The van der Waals surface area contributed by atoms with Gasteiger partial charge < -0.3 is 15.1 Å². The highest BCUT2D eigenvalue weighted by Crippen LogP contribution is 2.23. The van der Waals surface area contributed by atoms with Crippen molar-refractivity contribution in [2.24, 2.45) is 0 Å². The first-order valence-corrected chi connectivity index (χ1v) is 6.86. The van der Waals surface area contributed by atoms with Gasteiger partial charge in [0.05, 0.1) is 12.2 Å². The minimum atomic E-state index is -0.283. The average Bonchev–Trinajstić information content (AvgIpc) is 2.50. The first-order valence-electron chi connectivity index (χ1n) is 6.86. The number of carbonyl (C=O) groups is 1. The number of aryl methyl sites for hydroxylation is 1. The molecule has 4 heteroatoms. The number of phenols is 1. The van der Waals surface area contributed by atoms with E-state index in [1.807, 2.05) is 30.3 Å². The minimum absolute atomic E-state index is 0.00139. The molecule has 0 aliphatic heterocycles. The lowest BCUT2D eigenvalue weighted by molar-refractivity contribution is 0.0704. The molecule has 0 aromatic heterocycles. The fraction of sp³-hybridized carbons (Fsp3) is 0.235. The van der Waals surface area contributed by atoms with Crippen LogP contribution in [0.25, 0.3) is 0 Å². The number of phenolic OH excluding ortho intramolecular Hbond substituents is 1. The van der Waals surface area contributed by atoms with Gasteiger partial charge in [0.25, 0.3) is 5.91 Å². The highest BCUT2D eigenvalue weighted by atomic mass is 16.3. The van der Waals surface area contributed by atoms with Crippen LogP contribution in [0.15, 0.2) is 48.5 Å². The maximum absolute atomic E-state index is 12.6. The van der Waals surface area contributed by atoms with Gasteiger partial charge in [0.15, 0.2) is 0 Å². The van der Waals surface area contributed by atoms with E-state index in [0.29, 0.717) is 12.1 Å². The number of aliphatic hydroxyl groups is 1. The third-order valence-electron chi connectivity index (χ3n) is 3.34. The predicted molar refractivity (Wildman–Crippen MR) is 81.1 cm³/mol. The third kappa shape index (κ3) is 3.61. The molecule has 0 heterocycles. The first-order chi connectivity index (χ1) is 10.1. The molecule has 0 aliphatic carbocycles. The topological polar surface area (TPSA) is 60.8 Å². The second-order valence-corrected chi connectivity index (χ2v) is 4.91. The van der Waals surface area contributed by atoms with Crippen LogP contribution in [0.4, 0.5) is 0 Å². The summed E-state index contributed by atoms with van der Waals surface area (Å²) in [6.07, 6.45) is 0. The van der Waals surface area contributed by atoms with Gasteiger partial charge in [-0.15, -0.1) is 0 Å². The maximum Gasteiger partial charge on any atom is 0.258 e. The van der Waals surface area contributed by atoms with Gasteiger partial charge in [-0.3, -0.25) is 4.79 Å². The summed E-state index contributed by atoms with van der Waals surface area (Å²) >= 11 is 0. The van der Waals surface area contributed by atoms with Crippen LogP contribution in [0.5, 0.6) is 5.75 Å². The van der Waals surface area contributed by atoms with Crippen LogP contribution in [-0.2, 0) is 6.54 Å². The predicted octanol–water partition coefficient (Wildman–Crippen LogP) is 2.34. The number of rotatable bonds is 5. The summed E-state index contributed by atoms with van der Waals surface area (Å²) in [6, 6.07) is 14.7.